The van der Waals surface area contributed by atoms with Crippen LogP contribution in [0.5, 0.6) is 0 Å². The van der Waals surface area contributed by atoms with Crippen LogP contribution in [0.15, 0.2) is 18.2 Å². The normalized spacial score (nSPS) is 15.1. The summed E-state index contributed by atoms with van der Waals surface area (Å²) in [4.78, 5) is 0. The Morgan fingerprint density at radius 3 is 2.89 bits per heavy atom. The fourth-order valence-electron chi connectivity index (χ4n) is 2.10. The molecule has 0 saturated heterocycles. The lowest BCUT2D eigenvalue weighted by Gasteiger charge is -2.18. The van der Waals surface area contributed by atoms with Crippen LogP contribution in [0.2, 0.25) is 0 Å². The van der Waals surface area contributed by atoms with Crippen LogP contribution in [-0.4, -0.2) is 19.3 Å². The molecule has 2 N–H and O–H groups in total. The summed E-state index contributed by atoms with van der Waals surface area (Å²) >= 11 is 0. The van der Waals surface area contributed by atoms with Gasteiger partial charge in [-0.15, -0.1) is 0 Å². The number of rotatable bonds is 4. The molecule has 0 bridgehead atoms. The van der Waals surface area contributed by atoms with Gasteiger partial charge in [0.2, 0.25) is 0 Å². The SMILES string of the molecule is FC(F)(F)CCNCc1ccc2c(c1)CCCN2. The summed E-state index contributed by atoms with van der Waals surface area (Å²) in [6.45, 7) is 1.46. The maximum absolute atomic E-state index is 12.0. The molecule has 0 saturated carbocycles. The van der Waals surface area contributed by atoms with Gasteiger partial charge in [-0.1, -0.05) is 12.1 Å². The molecular weight excluding hydrogens is 241 g/mol. The van der Waals surface area contributed by atoms with Crippen molar-refractivity contribution >= 4 is 5.69 Å². The highest BCUT2D eigenvalue weighted by Crippen LogP contribution is 2.23. The first-order valence-corrected chi connectivity index (χ1v) is 6.18. The van der Waals surface area contributed by atoms with Crippen molar-refractivity contribution in [1.29, 1.82) is 0 Å². The van der Waals surface area contributed by atoms with Gasteiger partial charge in [0.15, 0.2) is 0 Å². The van der Waals surface area contributed by atoms with Gasteiger partial charge in [-0.05, 0) is 30.0 Å². The van der Waals surface area contributed by atoms with E-state index in [4.69, 9.17) is 0 Å². The summed E-state index contributed by atoms with van der Waals surface area (Å²) in [6.07, 6.45) is -2.71. The molecule has 1 heterocycles. The van der Waals surface area contributed by atoms with E-state index in [1.165, 1.54) is 5.56 Å². The van der Waals surface area contributed by atoms with E-state index < -0.39 is 12.6 Å². The highest BCUT2D eigenvalue weighted by Gasteiger charge is 2.25. The maximum Gasteiger partial charge on any atom is 0.390 e. The third-order valence-corrected chi connectivity index (χ3v) is 3.02. The second kappa shape index (κ2) is 5.61. The minimum atomic E-state index is -4.08. The van der Waals surface area contributed by atoms with E-state index in [0.29, 0.717) is 6.54 Å². The third-order valence-electron chi connectivity index (χ3n) is 3.02. The average molecular weight is 258 g/mol. The molecule has 5 heteroatoms. The molecule has 0 spiro atoms. The van der Waals surface area contributed by atoms with Gasteiger partial charge in [-0.3, -0.25) is 0 Å². The lowest BCUT2D eigenvalue weighted by Crippen LogP contribution is -2.21. The van der Waals surface area contributed by atoms with Gasteiger partial charge in [0.1, 0.15) is 0 Å². The number of fused-ring (bicyclic) bond motifs is 1. The van der Waals surface area contributed by atoms with E-state index in [2.05, 4.69) is 16.7 Å². The number of halogens is 3. The second-order valence-electron chi connectivity index (χ2n) is 4.56. The van der Waals surface area contributed by atoms with Crippen LogP contribution in [-0.2, 0) is 13.0 Å². The van der Waals surface area contributed by atoms with E-state index in [-0.39, 0.29) is 6.54 Å². The van der Waals surface area contributed by atoms with Crippen LogP contribution in [0.25, 0.3) is 0 Å². The van der Waals surface area contributed by atoms with E-state index in [0.717, 1.165) is 30.6 Å². The summed E-state index contributed by atoms with van der Waals surface area (Å²) in [5.41, 5.74) is 3.45. The monoisotopic (exact) mass is 258 g/mol. The van der Waals surface area contributed by atoms with Crippen molar-refractivity contribution in [2.45, 2.75) is 32.0 Å². The number of benzene rings is 1. The number of aryl methyl sites for hydroxylation is 1. The first kappa shape index (κ1) is 13.2. The third kappa shape index (κ3) is 3.91. The van der Waals surface area contributed by atoms with Crippen LogP contribution in [0, 0.1) is 0 Å². The number of alkyl halides is 3. The highest BCUT2D eigenvalue weighted by molar-refractivity contribution is 5.54. The van der Waals surface area contributed by atoms with Crippen molar-refractivity contribution in [3.8, 4) is 0 Å². The highest BCUT2D eigenvalue weighted by atomic mass is 19.4. The summed E-state index contributed by atoms with van der Waals surface area (Å²) in [5, 5.41) is 6.13. The standard InChI is InChI=1S/C13H17F3N2/c14-13(15,16)5-7-17-9-10-3-4-12-11(8-10)2-1-6-18-12/h3-4,8,17-18H,1-2,5-7,9H2. The Bertz CT molecular complexity index is 402. The molecule has 1 aliphatic heterocycles. The zero-order valence-corrected chi connectivity index (χ0v) is 10.1. The summed E-state index contributed by atoms with van der Waals surface area (Å²) < 4.78 is 35.9. The topological polar surface area (TPSA) is 24.1 Å². The van der Waals surface area contributed by atoms with Crippen molar-refractivity contribution in [2.75, 3.05) is 18.4 Å². The number of hydrogen-bond acceptors (Lipinski definition) is 2. The Morgan fingerprint density at radius 2 is 2.11 bits per heavy atom. The van der Waals surface area contributed by atoms with E-state index in [1.807, 2.05) is 12.1 Å². The Kier molecular flexibility index (Phi) is 4.11. The van der Waals surface area contributed by atoms with Crippen LogP contribution >= 0.6 is 0 Å². The smallest absolute Gasteiger partial charge is 0.385 e. The van der Waals surface area contributed by atoms with Crippen LogP contribution in [0.3, 0.4) is 0 Å². The zero-order valence-electron chi connectivity index (χ0n) is 10.1. The van der Waals surface area contributed by atoms with Crippen molar-refractivity contribution in [1.82, 2.24) is 5.32 Å². The lowest BCUT2D eigenvalue weighted by atomic mass is 10.0. The van der Waals surface area contributed by atoms with Crippen LogP contribution in [0.4, 0.5) is 18.9 Å². The summed E-state index contributed by atoms with van der Waals surface area (Å²) in [7, 11) is 0. The molecule has 1 aromatic rings. The Balaban J connectivity index is 1.83. The van der Waals surface area contributed by atoms with Gasteiger partial charge in [0.05, 0.1) is 6.42 Å². The molecule has 0 atom stereocenters. The first-order valence-electron chi connectivity index (χ1n) is 6.18. The second-order valence-corrected chi connectivity index (χ2v) is 4.56. The molecule has 1 aliphatic rings. The molecule has 1 aromatic carbocycles. The van der Waals surface area contributed by atoms with Gasteiger partial charge in [-0.2, -0.15) is 13.2 Å². The number of anilines is 1. The molecular formula is C13H17F3N2. The van der Waals surface area contributed by atoms with Crippen molar-refractivity contribution < 1.29 is 13.2 Å². The molecule has 2 rings (SSSR count). The molecule has 2 nitrogen and oxygen atoms in total. The number of hydrogen-bond donors (Lipinski definition) is 2. The average Bonchev–Trinajstić information content (AvgIpc) is 2.33. The molecule has 0 fully saturated rings. The van der Waals surface area contributed by atoms with Crippen molar-refractivity contribution in [2.24, 2.45) is 0 Å². The van der Waals surface area contributed by atoms with Crippen LogP contribution in [0.1, 0.15) is 24.0 Å². The first-order chi connectivity index (χ1) is 8.54. The zero-order chi connectivity index (χ0) is 13.0. The summed E-state index contributed by atoms with van der Waals surface area (Å²) in [6, 6.07) is 6.04. The molecule has 100 valence electrons. The van der Waals surface area contributed by atoms with Gasteiger partial charge in [-0.25, -0.2) is 0 Å². The quantitative estimate of drug-likeness (QED) is 0.811. The molecule has 0 amide bonds. The Hall–Kier alpha value is -1.23. The largest absolute Gasteiger partial charge is 0.390 e. The van der Waals surface area contributed by atoms with Gasteiger partial charge < -0.3 is 10.6 Å². The van der Waals surface area contributed by atoms with Gasteiger partial charge in [0.25, 0.3) is 0 Å². The van der Waals surface area contributed by atoms with Crippen LogP contribution < -0.4 is 10.6 Å². The fraction of sp³-hybridized carbons (Fsp3) is 0.538. The Morgan fingerprint density at radius 1 is 1.28 bits per heavy atom. The molecule has 18 heavy (non-hydrogen) atoms. The maximum atomic E-state index is 12.0. The van der Waals surface area contributed by atoms with Crippen molar-refractivity contribution in [3.05, 3.63) is 29.3 Å². The fourth-order valence-corrected chi connectivity index (χ4v) is 2.10. The predicted molar refractivity (Wildman–Crippen MR) is 65.6 cm³/mol. The number of nitrogens with one attached hydrogen (secondary N) is 2. The van der Waals surface area contributed by atoms with Crippen molar-refractivity contribution in [3.63, 3.8) is 0 Å². The minimum absolute atomic E-state index is 0.0289. The molecule has 0 aliphatic carbocycles. The Labute approximate surface area is 105 Å². The predicted octanol–water partition coefficient (Wildman–Crippen LogP) is 3.09. The van der Waals surface area contributed by atoms with Gasteiger partial charge >= 0.3 is 6.18 Å². The van der Waals surface area contributed by atoms with Gasteiger partial charge in [0, 0.05) is 25.3 Å². The minimum Gasteiger partial charge on any atom is -0.385 e. The molecule has 0 unspecified atom stereocenters. The van der Waals surface area contributed by atoms with E-state index >= 15 is 0 Å². The van der Waals surface area contributed by atoms with E-state index in [9.17, 15) is 13.2 Å². The molecule has 0 radical (unpaired) electrons. The summed E-state index contributed by atoms with van der Waals surface area (Å²) in [5.74, 6) is 0. The lowest BCUT2D eigenvalue weighted by molar-refractivity contribution is -0.133. The molecule has 0 aromatic heterocycles. The van der Waals surface area contributed by atoms with E-state index in [1.54, 1.807) is 0 Å².